The first-order valence-electron chi connectivity index (χ1n) is 5.09. The maximum atomic E-state index is 5.19. The van der Waals surface area contributed by atoms with Gasteiger partial charge in [0.2, 0.25) is 5.88 Å². The highest BCUT2D eigenvalue weighted by atomic mass is 32.1. The number of rotatable bonds is 4. The van der Waals surface area contributed by atoms with E-state index in [1.807, 2.05) is 12.1 Å². The van der Waals surface area contributed by atoms with Crippen LogP contribution in [0.25, 0.3) is 0 Å². The van der Waals surface area contributed by atoms with Gasteiger partial charge in [-0.15, -0.1) is 0 Å². The summed E-state index contributed by atoms with van der Waals surface area (Å²) >= 11 is 1.70. The molecule has 0 radical (unpaired) electrons. The van der Waals surface area contributed by atoms with E-state index in [0.29, 0.717) is 5.88 Å². The molecule has 1 atom stereocenters. The zero-order chi connectivity index (χ0) is 11.4. The van der Waals surface area contributed by atoms with Crippen molar-refractivity contribution in [2.24, 2.45) is 0 Å². The molecule has 4 heteroatoms. The summed E-state index contributed by atoms with van der Waals surface area (Å²) in [5.74, 6) is 0.629. The van der Waals surface area contributed by atoms with E-state index in [2.05, 4.69) is 34.1 Å². The van der Waals surface area contributed by atoms with Gasteiger partial charge < -0.3 is 10.1 Å². The number of anilines is 1. The average molecular weight is 234 g/mol. The lowest BCUT2D eigenvalue weighted by Crippen LogP contribution is -2.07. The Morgan fingerprint density at radius 2 is 2.31 bits per heavy atom. The lowest BCUT2D eigenvalue weighted by atomic mass is 10.2. The quantitative estimate of drug-likeness (QED) is 0.881. The fourth-order valence-corrected chi connectivity index (χ4v) is 2.26. The van der Waals surface area contributed by atoms with E-state index >= 15 is 0 Å². The van der Waals surface area contributed by atoms with Crippen molar-refractivity contribution in [3.05, 3.63) is 40.7 Å². The maximum Gasteiger partial charge on any atom is 0.237 e. The summed E-state index contributed by atoms with van der Waals surface area (Å²) in [6, 6.07) is 6.23. The van der Waals surface area contributed by atoms with Crippen LogP contribution in [0, 0.1) is 0 Å². The van der Waals surface area contributed by atoms with Crippen LogP contribution < -0.4 is 10.1 Å². The van der Waals surface area contributed by atoms with E-state index in [1.54, 1.807) is 24.6 Å². The summed E-state index contributed by atoms with van der Waals surface area (Å²) in [6.07, 6.45) is 1.72. The van der Waals surface area contributed by atoms with Gasteiger partial charge in [-0.25, -0.2) is 4.98 Å². The molecule has 0 saturated heterocycles. The normalized spacial score (nSPS) is 12.1. The second-order valence-corrected chi connectivity index (χ2v) is 4.26. The minimum Gasteiger partial charge on any atom is -0.480 e. The number of aromatic nitrogens is 1. The Morgan fingerprint density at radius 1 is 1.44 bits per heavy atom. The van der Waals surface area contributed by atoms with E-state index in [4.69, 9.17) is 4.74 Å². The first-order valence-corrected chi connectivity index (χ1v) is 6.03. The number of thiophene rings is 1. The van der Waals surface area contributed by atoms with Crippen LogP contribution >= 0.6 is 11.3 Å². The second-order valence-electron chi connectivity index (χ2n) is 3.48. The third kappa shape index (κ3) is 2.33. The highest BCUT2D eigenvalue weighted by Crippen LogP contribution is 2.26. The SMILES string of the molecule is COc1ncccc1NC(C)c1ccsc1. The molecule has 2 rings (SSSR count). The third-order valence-corrected chi connectivity index (χ3v) is 3.08. The van der Waals surface area contributed by atoms with Crippen molar-refractivity contribution in [2.45, 2.75) is 13.0 Å². The molecule has 0 bridgehead atoms. The van der Waals surface area contributed by atoms with Gasteiger partial charge in [0, 0.05) is 12.2 Å². The van der Waals surface area contributed by atoms with E-state index in [-0.39, 0.29) is 6.04 Å². The van der Waals surface area contributed by atoms with Crippen LogP contribution in [0.1, 0.15) is 18.5 Å². The molecule has 3 nitrogen and oxygen atoms in total. The Bertz CT molecular complexity index is 442. The number of ether oxygens (including phenoxy) is 1. The number of methoxy groups -OCH3 is 1. The van der Waals surface area contributed by atoms with Gasteiger partial charge in [-0.2, -0.15) is 11.3 Å². The highest BCUT2D eigenvalue weighted by molar-refractivity contribution is 7.07. The summed E-state index contributed by atoms with van der Waals surface area (Å²) in [4.78, 5) is 4.15. The van der Waals surface area contributed by atoms with Crippen LogP contribution in [0.5, 0.6) is 5.88 Å². The van der Waals surface area contributed by atoms with Crippen molar-refractivity contribution in [1.82, 2.24) is 4.98 Å². The Hall–Kier alpha value is -1.55. The molecule has 2 aromatic rings. The number of nitrogens with zero attached hydrogens (tertiary/aromatic N) is 1. The first-order chi connectivity index (χ1) is 7.81. The zero-order valence-corrected chi connectivity index (χ0v) is 10.1. The van der Waals surface area contributed by atoms with Crippen LogP contribution in [0.3, 0.4) is 0 Å². The molecule has 0 aliphatic rings. The molecule has 2 aromatic heterocycles. The van der Waals surface area contributed by atoms with Crippen molar-refractivity contribution in [1.29, 1.82) is 0 Å². The maximum absolute atomic E-state index is 5.19. The average Bonchev–Trinajstić information content (AvgIpc) is 2.83. The van der Waals surface area contributed by atoms with Crippen molar-refractivity contribution >= 4 is 17.0 Å². The van der Waals surface area contributed by atoms with Crippen LogP contribution in [0.15, 0.2) is 35.2 Å². The van der Waals surface area contributed by atoms with Crippen LogP contribution in [-0.2, 0) is 0 Å². The number of pyridine rings is 1. The molecule has 2 heterocycles. The predicted molar refractivity (Wildman–Crippen MR) is 67.1 cm³/mol. The Morgan fingerprint density at radius 3 is 3.00 bits per heavy atom. The standard InChI is InChI=1S/C12H14N2OS/c1-9(10-5-7-16-8-10)14-11-4-3-6-13-12(11)15-2/h3-9,14H,1-2H3. The van der Waals surface area contributed by atoms with Crippen LogP contribution in [0.4, 0.5) is 5.69 Å². The zero-order valence-electron chi connectivity index (χ0n) is 9.31. The molecule has 0 saturated carbocycles. The fourth-order valence-electron chi connectivity index (χ4n) is 1.50. The van der Waals surface area contributed by atoms with E-state index in [0.717, 1.165) is 5.69 Å². The van der Waals surface area contributed by atoms with Crippen LogP contribution in [-0.4, -0.2) is 12.1 Å². The molecule has 0 aromatic carbocycles. The van der Waals surface area contributed by atoms with E-state index < -0.39 is 0 Å². The molecule has 16 heavy (non-hydrogen) atoms. The molecular weight excluding hydrogens is 220 g/mol. The molecule has 84 valence electrons. The van der Waals surface area contributed by atoms with Crippen molar-refractivity contribution in [2.75, 3.05) is 12.4 Å². The number of hydrogen-bond donors (Lipinski definition) is 1. The summed E-state index contributed by atoms with van der Waals surface area (Å²) < 4.78 is 5.19. The van der Waals surface area contributed by atoms with Gasteiger partial charge >= 0.3 is 0 Å². The molecule has 0 amide bonds. The monoisotopic (exact) mass is 234 g/mol. The summed E-state index contributed by atoms with van der Waals surface area (Å²) in [5.41, 5.74) is 2.19. The molecular formula is C12H14N2OS. The Balaban J connectivity index is 2.14. The largest absolute Gasteiger partial charge is 0.480 e. The molecule has 1 N–H and O–H groups in total. The molecule has 0 spiro atoms. The smallest absolute Gasteiger partial charge is 0.237 e. The van der Waals surface area contributed by atoms with Crippen molar-refractivity contribution < 1.29 is 4.74 Å². The number of nitrogens with one attached hydrogen (secondary N) is 1. The van der Waals surface area contributed by atoms with Crippen molar-refractivity contribution in [3.8, 4) is 5.88 Å². The summed E-state index contributed by atoms with van der Waals surface area (Å²) in [6.45, 7) is 2.12. The minimum absolute atomic E-state index is 0.254. The molecule has 0 fully saturated rings. The number of hydrogen-bond acceptors (Lipinski definition) is 4. The molecule has 1 unspecified atom stereocenters. The Labute approximate surface area is 99.1 Å². The van der Waals surface area contributed by atoms with Crippen molar-refractivity contribution in [3.63, 3.8) is 0 Å². The van der Waals surface area contributed by atoms with Crippen LogP contribution in [0.2, 0.25) is 0 Å². The Kier molecular flexibility index (Phi) is 3.41. The fraction of sp³-hybridized carbons (Fsp3) is 0.250. The van der Waals surface area contributed by atoms with Gasteiger partial charge in [0.1, 0.15) is 0 Å². The topological polar surface area (TPSA) is 34.1 Å². The lowest BCUT2D eigenvalue weighted by molar-refractivity contribution is 0.399. The van der Waals surface area contributed by atoms with Gasteiger partial charge in [0.25, 0.3) is 0 Å². The van der Waals surface area contributed by atoms with Gasteiger partial charge in [-0.1, -0.05) is 0 Å². The van der Waals surface area contributed by atoms with Gasteiger partial charge in [-0.05, 0) is 41.4 Å². The van der Waals surface area contributed by atoms with E-state index in [1.165, 1.54) is 5.56 Å². The minimum atomic E-state index is 0.254. The molecule has 0 aliphatic heterocycles. The van der Waals surface area contributed by atoms with E-state index in [9.17, 15) is 0 Å². The summed E-state index contributed by atoms with van der Waals surface area (Å²) in [7, 11) is 1.63. The molecule has 0 aliphatic carbocycles. The van der Waals surface area contributed by atoms with Gasteiger partial charge in [-0.3, -0.25) is 0 Å². The van der Waals surface area contributed by atoms with Gasteiger partial charge in [0.15, 0.2) is 0 Å². The second kappa shape index (κ2) is 4.99. The lowest BCUT2D eigenvalue weighted by Gasteiger charge is -2.15. The van der Waals surface area contributed by atoms with Gasteiger partial charge in [0.05, 0.1) is 12.8 Å². The summed E-state index contributed by atoms with van der Waals surface area (Å²) in [5, 5.41) is 7.60. The third-order valence-electron chi connectivity index (χ3n) is 2.38. The first kappa shape index (κ1) is 11.0. The predicted octanol–water partition coefficient (Wildman–Crippen LogP) is 3.32. The highest BCUT2D eigenvalue weighted by Gasteiger charge is 2.09.